The number of benzene rings is 1. The highest BCUT2D eigenvalue weighted by Gasteiger charge is 2.08. The van der Waals surface area contributed by atoms with Crippen LogP contribution in [0.5, 0.6) is 0 Å². The summed E-state index contributed by atoms with van der Waals surface area (Å²) in [5.74, 6) is 1.15. The molecule has 0 radical (unpaired) electrons. The van der Waals surface area contributed by atoms with E-state index in [0.29, 0.717) is 18.3 Å². The van der Waals surface area contributed by atoms with Crippen molar-refractivity contribution in [1.82, 2.24) is 20.4 Å². The van der Waals surface area contributed by atoms with Crippen molar-refractivity contribution in [2.24, 2.45) is 0 Å². The van der Waals surface area contributed by atoms with Crippen LogP contribution in [0.25, 0.3) is 11.5 Å². The zero-order valence-corrected chi connectivity index (χ0v) is 12.6. The molecule has 1 heterocycles. The molecule has 102 valence electrons. The van der Waals surface area contributed by atoms with Crippen LogP contribution in [0, 0.1) is 0 Å². The summed E-state index contributed by atoms with van der Waals surface area (Å²) in [7, 11) is 4.08. The minimum atomic E-state index is 0.547. The average Bonchev–Trinajstić information content (AvgIpc) is 2.83. The Labute approximate surface area is 121 Å². The Morgan fingerprint density at radius 2 is 2.16 bits per heavy atom. The van der Waals surface area contributed by atoms with Gasteiger partial charge in [-0.15, -0.1) is 10.2 Å². The monoisotopic (exact) mass is 324 g/mol. The fraction of sp³-hybridized carbons (Fsp3) is 0.385. The largest absolute Gasteiger partial charge is 0.419 e. The maximum atomic E-state index is 5.61. The van der Waals surface area contributed by atoms with Crippen molar-refractivity contribution in [1.29, 1.82) is 0 Å². The van der Waals surface area contributed by atoms with Crippen LogP contribution >= 0.6 is 15.9 Å². The summed E-state index contributed by atoms with van der Waals surface area (Å²) in [6.45, 7) is 2.46. The van der Waals surface area contributed by atoms with E-state index in [1.165, 1.54) is 0 Å². The van der Waals surface area contributed by atoms with Gasteiger partial charge in [-0.3, -0.25) is 0 Å². The topological polar surface area (TPSA) is 54.2 Å². The molecule has 1 aromatic heterocycles. The first-order chi connectivity index (χ1) is 9.15. The number of hydrogen-bond donors (Lipinski definition) is 1. The van der Waals surface area contributed by atoms with Gasteiger partial charge in [0.05, 0.1) is 6.54 Å². The van der Waals surface area contributed by atoms with E-state index in [0.717, 1.165) is 23.1 Å². The first kappa shape index (κ1) is 14.2. The molecule has 0 aliphatic rings. The third-order valence-electron chi connectivity index (χ3n) is 2.55. The number of nitrogens with one attached hydrogen (secondary N) is 1. The van der Waals surface area contributed by atoms with E-state index >= 15 is 0 Å². The lowest BCUT2D eigenvalue weighted by Crippen LogP contribution is -2.26. The van der Waals surface area contributed by atoms with Crippen molar-refractivity contribution >= 4 is 15.9 Å². The molecule has 0 amide bonds. The Morgan fingerprint density at radius 3 is 2.89 bits per heavy atom. The van der Waals surface area contributed by atoms with E-state index in [4.69, 9.17) is 4.42 Å². The van der Waals surface area contributed by atoms with Gasteiger partial charge in [-0.05, 0) is 32.3 Å². The molecule has 0 bridgehead atoms. The summed E-state index contributed by atoms with van der Waals surface area (Å²) in [6, 6.07) is 7.81. The maximum Gasteiger partial charge on any atom is 0.247 e. The van der Waals surface area contributed by atoms with Crippen molar-refractivity contribution in [2.75, 3.05) is 27.2 Å². The zero-order chi connectivity index (χ0) is 13.7. The molecule has 0 aliphatic heterocycles. The minimum absolute atomic E-state index is 0.547. The quantitative estimate of drug-likeness (QED) is 0.825. The van der Waals surface area contributed by atoms with Crippen LogP contribution in [0.15, 0.2) is 33.2 Å². The summed E-state index contributed by atoms with van der Waals surface area (Å²) < 4.78 is 6.61. The summed E-state index contributed by atoms with van der Waals surface area (Å²) in [4.78, 5) is 2.12. The molecular formula is C13H17BrN4O. The Morgan fingerprint density at radius 1 is 1.32 bits per heavy atom. The molecule has 2 rings (SSSR count). The van der Waals surface area contributed by atoms with Gasteiger partial charge >= 0.3 is 0 Å². The predicted molar refractivity (Wildman–Crippen MR) is 77.7 cm³/mol. The Kier molecular flexibility index (Phi) is 5.07. The van der Waals surface area contributed by atoms with E-state index < -0.39 is 0 Å². The molecule has 19 heavy (non-hydrogen) atoms. The van der Waals surface area contributed by atoms with Gasteiger partial charge in [0, 0.05) is 23.1 Å². The van der Waals surface area contributed by atoms with Crippen LogP contribution in [-0.4, -0.2) is 42.3 Å². The minimum Gasteiger partial charge on any atom is -0.419 e. The lowest BCUT2D eigenvalue weighted by molar-refractivity contribution is 0.390. The fourth-order valence-electron chi connectivity index (χ4n) is 1.56. The maximum absolute atomic E-state index is 5.61. The van der Waals surface area contributed by atoms with Crippen molar-refractivity contribution < 1.29 is 4.42 Å². The van der Waals surface area contributed by atoms with Crippen molar-refractivity contribution in [3.8, 4) is 11.5 Å². The molecule has 0 atom stereocenters. The molecule has 0 saturated heterocycles. The second-order valence-corrected chi connectivity index (χ2v) is 5.41. The molecule has 1 N–H and O–H groups in total. The number of hydrogen-bond acceptors (Lipinski definition) is 5. The number of aromatic nitrogens is 2. The summed E-state index contributed by atoms with van der Waals surface area (Å²) in [5, 5.41) is 11.3. The molecule has 0 saturated carbocycles. The van der Waals surface area contributed by atoms with E-state index in [2.05, 4.69) is 36.3 Å². The van der Waals surface area contributed by atoms with Crippen molar-refractivity contribution in [3.05, 3.63) is 34.6 Å². The van der Waals surface area contributed by atoms with Gasteiger partial charge in [0.1, 0.15) is 0 Å². The average molecular weight is 325 g/mol. The van der Waals surface area contributed by atoms with Crippen LogP contribution in [0.4, 0.5) is 0 Å². The fourth-order valence-corrected chi connectivity index (χ4v) is 1.96. The van der Waals surface area contributed by atoms with E-state index in [9.17, 15) is 0 Å². The predicted octanol–water partition coefficient (Wildman–Crippen LogP) is 2.15. The first-order valence-corrected chi connectivity index (χ1v) is 6.88. The number of rotatable bonds is 6. The Hall–Kier alpha value is -1.24. The lowest BCUT2D eigenvalue weighted by Gasteiger charge is -2.08. The molecular weight excluding hydrogens is 308 g/mol. The lowest BCUT2D eigenvalue weighted by atomic mass is 10.2. The Bertz CT molecular complexity index is 527. The van der Waals surface area contributed by atoms with Gasteiger partial charge in [-0.1, -0.05) is 22.0 Å². The van der Waals surface area contributed by atoms with Gasteiger partial charge in [0.25, 0.3) is 0 Å². The summed E-state index contributed by atoms with van der Waals surface area (Å²) in [6.07, 6.45) is 0. The van der Waals surface area contributed by atoms with Crippen LogP contribution in [0.2, 0.25) is 0 Å². The normalized spacial score (nSPS) is 11.2. The van der Waals surface area contributed by atoms with E-state index in [-0.39, 0.29) is 0 Å². The second-order valence-electron chi connectivity index (χ2n) is 4.49. The molecule has 0 aliphatic carbocycles. The zero-order valence-electron chi connectivity index (χ0n) is 11.1. The smallest absolute Gasteiger partial charge is 0.247 e. The SMILES string of the molecule is CN(C)CCNCc1nnc(-c2cccc(Br)c2)o1. The summed E-state index contributed by atoms with van der Waals surface area (Å²) in [5.41, 5.74) is 0.918. The molecule has 5 nitrogen and oxygen atoms in total. The van der Waals surface area contributed by atoms with Crippen LogP contribution in [0.3, 0.4) is 0 Å². The van der Waals surface area contributed by atoms with Gasteiger partial charge in [0.2, 0.25) is 11.8 Å². The molecule has 0 unspecified atom stereocenters. The van der Waals surface area contributed by atoms with Gasteiger partial charge in [-0.2, -0.15) is 0 Å². The van der Waals surface area contributed by atoms with Crippen LogP contribution in [0.1, 0.15) is 5.89 Å². The van der Waals surface area contributed by atoms with Crippen molar-refractivity contribution in [2.45, 2.75) is 6.54 Å². The summed E-state index contributed by atoms with van der Waals surface area (Å²) >= 11 is 3.42. The van der Waals surface area contributed by atoms with Crippen LogP contribution in [-0.2, 0) is 6.54 Å². The standard InChI is InChI=1S/C13H17BrN4O/c1-18(2)7-6-15-9-12-16-17-13(19-12)10-4-3-5-11(14)8-10/h3-5,8,15H,6-7,9H2,1-2H3. The first-order valence-electron chi connectivity index (χ1n) is 6.09. The molecule has 2 aromatic rings. The number of halogens is 1. The van der Waals surface area contributed by atoms with E-state index in [1.807, 2.05) is 38.4 Å². The molecule has 1 aromatic carbocycles. The van der Waals surface area contributed by atoms with Gasteiger partial charge in [-0.25, -0.2) is 0 Å². The van der Waals surface area contributed by atoms with Gasteiger partial charge < -0.3 is 14.6 Å². The highest BCUT2D eigenvalue weighted by Crippen LogP contribution is 2.21. The van der Waals surface area contributed by atoms with E-state index in [1.54, 1.807) is 0 Å². The molecule has 6 heteroatoms. The molecule has 0 spiro atoms. The highest BCUT2D eigenvalue weighted by molar-refractivity contribution is 9.10. The third kappa shape index (κ3) is 4.41. The van der Waals surface area contributed by atoms with Gasteiger partial charge in [0.15, 0.2) is 0 Å². The van der Waals surface area contributed by atoms with Crippen LogP contribution < -0.4 is 5.32 Å². The Balaban J connectivity index is 1.92. The number of likely N-dealkylation sites (N-methyl/N-ethyl adjacent to an activating group) is 1. The highest BCUT2D eigenvalue weighted by atomic mass is 79.9. The second kappa shape index (κ2) is 6.79. The third-order valence-corrected chi connectivity index (χ3v) is 3.04. The molecule has 0 fully saturated rings. The number of nitrogens with zero attached hydrogens (tertiary/aromatic N) is 3. The van der Waals surface area contributed by atoms with Crippen molar-refractivity contribution in [3.63, 3.8) is 0 Å².